The number of likely N-dealkylation sites (tertiary alicyclic amines) is 1. The number of carbonyl (C=O) groups is 2. The lowest BCUT2D eigenvalue weighted by molar-refractivity contribution is -0.192. The van der Waals surface area contributed by atoms with Gasteiger partial charge in [-0.05, 0) is 65.5 Å². The number of amidine groups is 1. The Balaban J connectivity index is 1.70. The van der Waals surface area contributed by atoms with Gasteiger partial charge in [0.1, 0.15) is 11.4 Å². The number of hydrogen-bond donors (Lipinski definition) is 1. The van der Waals surface area contributed by atoms with Crippen molar-refractivity contribution in [3.63, 3.8) is 0 Å². The highest BCUT2D eigenvalue weighted by Gasteiger charge is 2.34. The summed E-state index contributed by atoms with van der Waals surface area (Å²) in [5.74, 6) is 0.627. The SMILES string of the molecule is CCON(C(=O)C1=Cc2sc(CC3CN(C(=O)OC(C)(C)C)C3)cc2N=C(N)C1)C(C)CC. The highest BCUT2D eigenvalue weighted by molar-refractivity contribution is 7.13. The molecule has 0 aromatic carbocycles. The Morgan fingerprint density at radius 1 is 1.33 bits per heavy atom. The van der Waals surface area contributed by atoms with Crippen LogP contribution in [0.2, 0.25) is 0 Å². The summed E-state index contributed by atoms with van der Waals surface area (Å²) in [6, 6.07) is 2.01. The molecule has 0 spiro atoms. The molecule has 3 rings (SSSR count). The van der Waals surface area contributed by atoms with Gasteiger partial charge >= 0.3 is 6.09 Å². The van der Waals surface area contributed by atoms with Crippen LogP contribution >= 0.6 is 11.3 Å². The third-order valence-electron chi connectivity index (χ3n) is 5.57. The summed E-state index contributed by atoms with van der Waals surface area (Å²) in [6.07, 6.45) is 3.57. The first kappa shape index (κ1) is 25.2. The highest BCUT2D eigenvalue weighted by atomic mass is 32.1. The van der Waals surface area contributed by atoms with Crippen molar-refractivity contribution in [3.05, 3.63) is 21.4 Å². The van der Waals surface area contributed by atoms with Gasteiger partial charge < -0.3 is 15.4 Å². The van der Waals surface area contributed by atoms with Gasteiger partial charge in [-0.15, -0.1) is 11.3 Å². The molecule has 0 saturated carbocycles. The van der Waals surface area contributed by atoms with Crippen molar-refractivity contribution in [1.29, 1.82) is 0 Å². The predicted molar refractivity (Wildman–Crippen MR) is 131 cm³/mol. The normalized spacial score (nSPS) is 17.3. The number of nitrogens with two attached hydrogens (primary N) is 1. The van der Waals surface area contributed by atoms with Crippen LogP contribution in [0, 0.1) is 5.92 Å². The molecule has 0 bridgehead atoms. The van der Waals surface area contributed by atoms with Crippen LogP contribution in [0.3, 0.4) is 0 Å². The molecule has 2 N–H and O–H groups in total. The number of rotatable bonds is 7. The first-order chi connectivity index (χ1) is 15.5. The van der Waals surface area contributed by atoms with E-state index in [-0.39, 0.29) is 18.0 Å². The molecule has 2 aliphatic heterocycles. The second kappa shape index (κ2) is 10.3. The Morgan fingerprint density at radius 2 is 2.03 bits per heavy atom. The number of hydroxylamine groups is 2. The van der Waals surface area contributed by atoms with E-state index >= 15 is 0 Å². The molecule has 9 heteroatoms. The molecule has 0 radical (unpaired) electrons. The molecular formula is C24H36N4O4S. The van der Waals surface area contributed by atoms with Crippen LogP contribution < -0.4 is 5.73 Å². The van der Waals surface area contributed by atoms with Crippen molar-refractivity contribution < 1.29 is 19.2 Å². The lowest BCUT2D eigenvalue weighted by Gasteiger charge is -2.39. The Morgan fingerprint density at radius 3 is 2.64 bits per heavy atom. The van der Waals surface area contributed by atoms with Gasteiger partial charge in [-0.1, -0.05) is 6.92 Å². The second-order valence-electron chi connectivity index (χ2n) is 9.67. The third-order valence-corrected chi connectivity index (χ3v) is 6.66. The summed E-state index contributed by atoms with van der Waals surface area (Å²) in [6.45, 7) is 13.3. The van der Waals surface area contributed by atoms with Crippen LogP contribution in [0.25, 0.3) is 6.08 Å². The van der Waals surface area contributed by atoms with Gasteiger partial charge in [-0.2, -0.15) is 0 Å². The number of carbonyl (C=O) groups excluding carboxylic acids is 2. The zero-order valence-electron chi connectivity index (χ0n) is 20.5. The minimum absolute atomic E-state index is 0.0373. The number of fused-ring (bicyclic) bond motifs is 1. The van der Waals surface area contributed by atoms with Crippen LogP contribution in [0.4, 0.5) is 10.5 Å². The van der Waals surface area contributed by atoms with Gasteiger partial charge in [-0.25, -0.2) is 14.9 Å². The van der Waals surface area contributed by atoms with Crippen molar-refractivity contribution in [2.45, 2.75) is 72.4 Å². The third kappa shape index (κ3) is 6.35. The summed E-state index contributed by atoms with van der Waals surface area (Å²) < 4.78 is 5.43. The van der Waals surface area contributed by atoms with Crippen LogP contribution in [-0.4, -0.2) is 59.1 Å². The molecule has 1 fully saturated rings. The van der Waals surface area contributed by atoms with E-state index < -0.39 is 5.60 Å². The standard InChI is InChI=1S/C24H36N4O4S/c1-7-15(3)28(31-8-2)22(29)17-10-20-19(26-21(25)11-17)12-18(33-20)9-16-13-27(14-16)23(30)32-24(4,5)6/h10,12,15-16H,7-9,11,13-14H2,1-6H3,(H2,25,26). The van der Waals surface area contributed by atoms with E-state index in [2.05, 4.69) is 4.99 Å². The van der Waals surface area contributed by atoms with Crippen molar-refractivity contribution in [3.8, 4) is 0 Å². The largest absolute Gasteiger partial charge is 0.444 e. The molecule has 8 nitrogen and oxygen atoms in total. The maximum atomic E-state index is 13.2. The number of hydrogen-bond acceptors (Lipinski definition) is 7. The van der Waals surface area contributed by atoms with Gasteiger partial charge in [0.25, 0.3) is 5.91 Å². The fraction of sp³-hybridized carbons (Fsp3) is 0.625. The fourth-order valence-electron chi connectivity index (χ4n) is 3.77. The van der Waals surface area contributed by atoms with Crippen molar-refractivity contribution in [2.24, 2.45) is 16.6 Å². The maximum Gasteiger partial charge on any atom is 0.410 e. The predicted octanol–water partition coefficient (Wildman–Crippen LogP) is 4.51. The molecule has 1 atom stereocenters. The molecular weight excluding hydrogens is 440 g/mol. The van der Waals surface area contributed by atoms with E-state index in [1.165, 1.54) is 9.94 Å². The molecule has 33 heavy (non-hydrogen) atoms. The molecule has 182 valence electrons. The molecule has 1 saturated heterocycles. The monoisotopic (exact) mass is 476 g/mol. The van der Waals surface area contributed by atoms with E-state index in [9.17, 15) is 9.59 Å². The highest BCUT2D eigenvalue weighted by Crippen LogP contribution is 2.37. The van der Waals surface area contributed by atoms with Crippen molar-refractivity contribution in [1.82, 2.24) is 9.96 Å². The Labute approximate surface area is 200 Å². The Kier molecular flexibility index (Phi) is 7.84. The van der Waals surface area contributed by atoms with E-state index in [0.29, 0.717) is 43.4 Å². The van der Waals surface area contributed by atoms with Crippen LogP contribution in [-0.2, 0) is 20.8 Å². The number of amides is 2. The summed E-state index contributed by atoms with van der Waals surface area (Å²) in [4.78, 5) is 39.4. The van der Waals surface area contributed by atoms with Gasteiger partial charge in [0.05, 0.1) is 23.2 Å². The minimum Gasteiger partial charge on any atom is -0.444 e. The van der Waals surface area contributed by atoms with Gasteiger partial charge in [0.15, 0.2) is 0 Å². The fourth-order valence-corrected chi connectivity index (χ4v) is 4.95. The van der Waals surface area contributed by atoms with Crippen LogP contribution in [0.15, 0.2) is 16.6 Å². The quantitative estimate of drug-likeness (QED) is 0.584. The molecule has 0 aliphatic carbocycles. The van der Waals surface area contributed by atoms with Crippen molar-refractivity contribution in [2.75, 3.05) is 19.7 Å². The Bertz CT molecular complexity index is 941. The first-order valence-corrected chi connectivity index (χ1v) is 12.4. The van der Waals surface area contributed by atoms with E-state index in [1.54, 1.807) is 16.2 Å². The number of nitrogens with zero attached hydrogens (tertiary/aromatic N) is 3. The smallest absolute Gasteiger partial charge is 0.410 e. The number of ether oxygens (including phenoxy) is 1. The van der Waals surface area contributed by atoms with E-state index in [0.717, 1.165) is 23.4 Å². The van der Waals surface area contributed by atoms with Crippen molar-refractivity contribution >= 4 is 40.9 Å². The zero-order chi connectivity index (χ0) is 24.3. The lowest BCUT2D eigenvalue weighted by atomic mass is 9.96. The zero-order valence-corrected chi connectivity index (χ0v) is 21.3. The van der Waals surface area contributed by atoms with E-state index in [1.807, 2.05) is 53.7 Å². The molecule has 2 aliphatic rings. The van der Waals surface area contributed by atoms with E-state index in [4.69, 9.17) is 15.3 Å². The molecule has 3 heterocycles. The first-order valence-electron chi connectivity index (χ1n) is 11.6. The topological polar surface area (TPSA) is 97.5 Å². The van der Waals surface area contributed by atoms with Gasteiger partial charge in [-0.3, -0.25) is 9.63 Å². The average molecular weight is 477 g/mol. The van der Waals surface area contributed by atoms with Crippen LogP contribution in [0.5, 0.6) is 0 Å². The summed E-state index contributed by atoms with van der Waals surface area (Å²) in [5, 5.41) is 1.46. The number of aliphatic imine (C=N–C) groups is 1. The maximum absolute atomic E-state index is 13.2. The second-order valence-corrected chi connectivity index (χ2v) is 10.8. The molecule has 1 aromatic heterocycles. The summed E-state index contributed by atoms with van der Waals surface area (Å²) in [7, 11) is 0. The average Bonchev–Trinajstić information content (AvgIpc) is 2.98. The summed E-state index contributed by atoms with van der Waals surface area (Å²) in [5.41, 5.74) is 7.04. The molecule has 2 amide bonds. The Hall–Kier alpha value is -2.39. The number of thiophene rings is 1. The molecule has 1 aromatic rings. The lowest BCUT2D eigenvalue weighted by Crippen LogP contribution is -2.52. The summed E-state index contributed by atoms with van der Waals surface area (Å²) >= 11 is 1.62. The molecule has 1 unspecified atom stereocenters. The van der Waals surface area contributed by atoms with Gasteiger partial charge in [0.2, 0.25) is 0 Å². The van der Waals surface area contributed by atoms with Crippen LogP contribution in [0.1, 0.15) is 64.1 Å². The minimum atomic E-state index is -0.487. The van der Waals surface area contributed by atoms with Gasteiger partial charge in [0, 0.05) is 30.0 Å².